The minimum atomic E-state index is -0.848. The first-order valence-electron chi connectivity index (χ1n) is 8.06. The summed E-state index contributed by atoms with van der Waals surface area (Å²) in [6, 6.07) is 5.61. The lowest BCUT2D eigenvalue weighted by Crippen LogP contribution is -2.13. The van der Waals surface area contributed by atoms with E-state index < -0.39 is 5.97 Å². The number of benzene rings is 1. The zero-order chi connectivity index (χ0) is 14.8. The topological polar surface area (TPSA) is 53.1 Å². The first-order valence-corrected chi connectivity index (χ1v) is 8.06. The molecule has 1 aliphatic carbocycles. The molecule has 1 atom stereocenters. The summed E-state index contributed by atoms with van der Waals surface area (Å²) in [5.41, 5.74) is 3.82. The monoisotopic (exact) mass is 285 g/mol. The zero-order valence-electron chi connectivity index (χ0n) is 12.6. The summed E-state index contributed by atoms with van der Waals surface area (Å²) in [7, 11) is 0. The first kappa shape index (κ1) is 14.2. The molecule has 1 unspecified atom stereocenters. The molecule has 0 radical (unpaired) electrons. The maximum Gasteiger partial charge on any atom is 0.337 e. The Kier molecular flexibility index (Phi) is 4.00. The molecule has 3 rings (SSSR count). The molecule has 0 saturated carbocycles. The smallest absolute Gasteiger partial charge is 0.337 e. The number of aromatic nitrogens is 1. The van der Waals surface area contributed by atoms with Crippen molar-refractivity contribution in [1.82, 2.24) is 4.98 Å². The number of nitrogens with one attached hydrogen (secondary N) is 1. The molecule has 1 aromatic carbocycles. The highest BCUT2D eigenvalue weighted by Gasteiger charge is 2.23. The maximum atomic E-state index is 11.3. The molecule has 3 heteroatoms. The van der Waals surface area contributed by atoms with Crippen LogP contribution in [-0.4, -0.2) is 16.1 Å². The number of H-pyrrole nitrogens is 1. The third kappa shape index (κ3) is 2.69. The lowest BCUT2D eigenvalue weighted by Gasteiger charge is -2.22. The predicted molar refractivity (Wildman–Crippen MR) is 84.9 cm³/mol. The largest absolute Gasteiger partial charge is 0.478 e. The standard InChI is InChI=1S/C18H23NO2/c1-2-3-4-6-12-9-10-16-15(11-12)13-7-5-8-14(18(20)21)17(13)19-16/h5,7-8,12,19H,2-4,6,9-11H2,1H3,(H,20,21). The van der Waals surface area contributed by atoms with Gasteiger partial charge < -0.3 is 10.1 Å². The van der Waals surface area contributed by atoms with Crippen LogP contribution in [0.25, 0.3) is 10.9 Å². The molecular weight excluding hydrogens is 262 g/mol. The molecule has 0 bridgehead atoms. The van der Waals surface area contributed by atoms with Crippen LogP contribution in [0.3, 0.4) is 0 Å². The number of rotatable bonds is 5. The summed E-state index contributed by atoms with van der Waals surface area (Å²) in [4.78, 5) is 14.7. The number of unbranched alkanes of at least 4 members (excludes halogenated alkanes) is 2. The van der Waals surface area contributed by atoms with Crippen molar-refractivity contribution in [2.24, 2.45) is 5.92 Å². The van der Waals surface area contributed by atoms with Crippen LogP contribution >= 0.6 is 0 Å². The number of carboxylic acid groups (broad SMARTS) is 1. The molecule has 2 N–H and O–H groups in total. The fourth-order valence-corrected chi connectivity index (χ4v) is 3.62. The fourth-order valence-electron chi connectivity index (χ4n) is 3.62. The minimum Gasteiger partial charge on any atom is -0.478 e. The predicted octanol–water partition coefficient (Wildman–Crippen LogP) is 4.55. The lowest BCUT2D eigenvalue weighted by molar-refractivity contribution is 0.0699. The Labute approximate surface area is 125 Å². The van der Waals surface area contributed by atoms with E-state index in [9.17, 15) is 9.90 Å². The number of carbonyl (C=O) groups is 1. The number of hydrogen-bond donors (Lipinski definition) is 2. The Bertz CT molecular complexity index is 657. The molecule has 3 nitrogen and oxygen atoms in total. The van der Waals surface area contributed by atoms with Gasteiger partial charge in [0.1, 0.15) is 0 Å². The van der Waals surface area contributed by atoms with Gasteiger partial charge in [-0.3, -0.25) is 0 Å². The maximum absolute atomic E-state index is 11.3. The van der Waals surface area contributed by atoms with Crippen molar-refractivity contribution < 1.29 is 9.90 Å². The number of para-hydroxylation sites is 1. The van der Waals surface area contributed by atoms with Crippen molar-refractivity contribution in [2.45, 2.75) is 51.9 Å². The first-order chi connectivity index (χ1) is 10.2. The second kappa shape index (κ2) is 5.92. The van der Waals surface area contributed by atoms with Crippen LogP contribution in [0.1, 0.15) is 60.6 Å². The van der Waals surface area contributed by atoms with E-state index in [1.54, 1.807) is 6.07 Å². The van der Waals surface area contributed by atoms with E-state index in [1.165, 1.54) is 43.4 Å². The van der Waals surface area contributed by atoms with Crippen molar-refractivity contribution >= 4 is 16.9 Å². The molecule has 2 aromatic rings. The highest BCUT2D eigenvalue weighted by molar-refractivity contribution is 6.03. The summed E-state index contributed by atoms with van der Waals surface area (Å²) in [5.74, 6) is -0.0878. The number of carboxylic acids is 1. The van der Waals surface area contributed by atoms with Crippen LogP contribution in [0.2, 0.25) is 0 Å². The molecular formula is C18H23NO2. The van der Waals surface area contributed by atoms with E-state index in [4.69, 9.17) is 0 Å². The van der Waals surface area contributed by atoms with Gasteiger partial charge in [0.05, 0.1) is 11.1 Å². The average molecular weight is 285 g/mol. The van der Waals surface area contributed by atoms with Crippen molar-refractivity contribution in [1.29, 1.82) is 0 Å². The lowest BCUT2D eigenvalue weighted by atomic mass is 9.83. The van der Waals surface area contributed by atoms with Gasteiger partial charge >= 0.3 is 5.97 Å². The molecule has 0 fully saturated rings. The van der Waals surface area contributed by atoms with Crippen molar-refractivity contribution in [3.8, 4) is 0 Å². The highest BCUT2D eigenvalue weighted by Crippen LogP contribution is 2.34. The van der Waals surface area contributed by atoms with E-state index >= 15 is 0 Å². The Morgan fingerprint density at radius 2 is 2.24 bits per heavy atom. The zero-order valence-corrected chi connectivity index (χ0v) is 12.6. The Hall–Kier alpha value is -1.77. The highest BCUT2D eigenvalue weighted by atomic mass is 16.4. The van der Waals surface area contributed by atoms with Gasteiger partial charge in [0.2, 0.25) is 0 Å². The molecule has 1 aliphatic rings. The van der Waals surface area contributed by atoms with E-state index in [2.05, 4.69) is 18.0 Å². The number of fused-ring (bicyclic) bond motifs is 3. The summed E-state index contributed by atoms with van der Waals surface area (Å²) >= 11 is 0. The molecule has 112 valence electrons. The van der Waals surface area contributed by atoms with E-state index in [0.717, 1.165) is 29.7 Å². The molecule has 1 heterocycles. The summed E-state index contributed by atoms with van der Waals surface area (Å²) in [5, 5.41) is 10.4. The van der Waals surface area contributed by atoms with Crippen LogP contribution in [0.5, 0.6) is 0 Å². The van der Waals surface area contributed by atoms with Crippen LogP contribution < -0.4 is 0 Å². The molecule has 0 saturated heterocycles. The normalized spacial score (nSPS) is 17.9. The summed E-state index contributed by atoms with van der Waals surface area (Å²) in [6.07, 6.45) is 8.60. The summed E-state index contributed by atoms with van der Waals surface area (Å²) < 4.78 is 0. The molecule has 0 spiro atoms. The quantitative estimate of drug-likeness (QED) is 0.792. The van der Waals surface area contributed by atoms with E-state index in [-0.39, 0.29) is 0 Å². The van der Waals surface area contributed by atoms with Gasteiger partial charge in [0.25, 0.3) is 0 Å². The molecule has 0 aliphatic heterocycles. The van der Waals surface area contributed by atoms with Gasteiger partial charge in [-0.1, -0.05) is 44.7 Å². The molecule has 1 aromatic heterocycles. The number of hydrogen-bond acceptors (Lipinski definition) is 1. The van der Waals surface area contributed by atoms with Crippen molar-refractivity contribution in [3.05, 3.63) is 35.0 Å². The van der Waals surface area contributed by atoms with Crippen molar-refractivity contribution in [3.63, 3.8) is 0 Å². The SMILES string of the molecule is CCCCCC1CCc2[nH]c3c(C(=O)O)cccc3c2C1. The molecule has 0 amide bonds. The number of aromatic carboxylic acids is 1. The van der Waals surface area contributed by atoms with Gasteiger partial charge in [0.15, 0.2) is 0 Å². The fraction of sp³-hybridized carbons (Fsp3) is 0.500. The van der Waals surface area contributed by atoms with Gasteiger partial charge in [0, 0.05) is 11.1 Å². The molecule has 21 heavy (non-hydrogen) atoms. The number of aryl methyl sites for hydroxylation is 1. The van der Waals surface area contributed by atoms with E-state index in [1.807, 2.05) is 6.07 Å². The third-order valence-electron chi connectivity index (χ3n) is 4.77. The third-order valence-corrected chi connectivity index (χ3v) is 4.77. The van der Waals surface area contributed by atoms with Gasteiger partial charge in [-0.05, 0) is 36.8 Å². The second-order valence-electron chi connectivity index (χ2n) is 6.22. The Morgan fingerprint density at radius 3 is 3.00 bits per heavy atom. The van der Waals surface area contributed by atoms with E-state index in [0.29, 0.717) is 5.56 Å². The second-order valence-corrected chi connectivity index (χ2v) is 6.22. The van der Waals surface area contributed by atoms with Gasteiger partial charge in [-0.25, -0.2) is 4.79 Å². The van der Waals surface area contributed by atoms with Crippen LogP contribution in [0, 0.1) is 5.92 Å². The number of aromatic amines is 1. The van der Waals surface area contributed by atoms with Crippen molar-refractivity contribution in [2.75, 3.05) is 0 Å². The minimum absolute atomic E-state index is 0.393. The average Bonchev–Trinajstić information content (AvgIpc) is 2.85. The van der Waals surface area contributed by atoms with Crippen LogP contribution in [0.15, 0.2) is 18.2 Å². The van der Waals surface area contributed by atoms with Gasteiger partial charge in [-0.2, -0.15) is 0 Å². The van der Waals surface area contributed by atoms with Crippen LogP contribution in [-0.2, 0) is 12.8 Å². The summed E-state index contributed by atoms with van der Waals surface area (Å²) in [6.45, 7) is 2.24. The van der Waals surface area contributed by atoms with Crippen LogP contribution in [0.4, 0.5) is 0 Å². The van der Waals surface area contributed by atoms with Gasteiger partial charge in [-0.15, -0.1) is 0 Å². The Balaban J connectivity index is 1.89. The Morgan fingerprint density at radius 1 is 1.38 bits per heavy atom.